The molecule has 0 spiro atoms. The van der Waals surface area contributed by atoms with Crippen molar-refractivity contribution in [3.63, 3.8) is 0 Å². The van der Waals surface area contributed by atoms with Crippen molar-refractivity contribution in [3.05, 3.63) is 35.4 Å². The number of nitrogens with zero attached hydrogens (tertiary/aromatic N) is 3. The smallest absolute Gasteiger partial charge is 0.104 e. The molecule has 3 nitrogen and oxygen atoms in total. The first-order valence-corrected chi connectivity index (χ1v) is 6.99. The lowest BCUT2D eigenvalue weighted by atomic mass is 10.1. The van der Waals surface area contributed by atoms with Crippen LogP contribution in [0.3, 0.4) is 0 Å². The van der Waals surface area contributed by atoms with Gasteiger partial charge >= 0.3 is 0 Å². The van der Waals surface area contributed by atoms with Crippen molar-refractivity contribution < 1.29 is 4.48 Å². The zero-order valence-electron chi connectivity index (χ0n) is 12.7. The Morgan fingerprint density at radius 1 is 1.11 bits per heavy atom. The summed E-state index contributed by atoms with van der Waals surface area (Å²) in [6.45, 7) is 7.87. The molecule has 0 amide bonds. The van der Waals surface area contributed by atoms with Gasteiger partial charge in [0.05, 0.1) is 33.2 Å². The Labute approximate surface area is 117 Å². The van der Waals surface area contributed by atoms with Gasteiger partial charge in [-0.3, -0.25) is 0 Å². The zero-order chi connectivity index (χ0) is 14.1. The minimum absolute atomic E-state index is 0.762. The fraction of sp³-hybridized carbons (Fsp3) is 0.562. The molecule has 19 heavy (non-hydrogen) atoms. The second kappa shape index (κ2) is 7.88. The fourth-order valence-corrected chi connectivity index (χ4v) is 2.02. The van der Waals surface area contributed by atoms with Gasteiger partial charge in [-0.25, -0.2) is 9.98 Å². The van der Waals surface area contributed by atoms with E-state index in [-0.39, 0.29) is 0 Å². The van der Waals surface area contributed by atoms with Gasteiger partial charge in [-0.15, -0.1) is 0 Å². The minimum Gasteiger partial charge on any atom is -0.325 e. The highest BCUT2D eigenvalue weighted by atomic mass is 15.3. The van der Waals surface area contributed by atoms with Crippen LogP contribution < -0.4 is 0 Å². The molecular formula is C16H26N3+. The maximum atomic E-state index is 4.16. The van der Waals surface area contributed by atoms with Crippen molar-refractivity contribution in [3.8, 4) is 0 Å². The average Bonchev–Trinajstić information content (AvgIpc) is 2.36. The normalized spacial score (nSPS) is 10.9. The molecule has 1 aromatic carbocycles. The summed E-state index contributed by atoms with van der Waals surface area (Å²) >= 11 is 0. The number of rotatable bonds is 7. The predicted octanol–water partition coefficient (Wildman–Crippen LogP) is 3.16. The molecule has 1 aromatic rings. The van der Waals surface area contributed by atoms with Crippen molar-refractivity contribution in [1.29, 1.82) is 0 Å². The van der Waals surface area contributed by atoms with E-state index in [1.54, 1.807) is 0 Å². The second-order valence-electron chi connectivity index (χ2n) is 5.61. The summed E-state index contributed by atoms with van der Waals surface area (Å²) in [6.07, 6.45) is 1.07. The zero-order valence-corrected chi connectivity index (χ0v) is 12.7. The summed E-state index contributed by atoms with van der Waals surface area (Å²) < 4.78 is 0.990. The van der Waals surface area contributed by atoms with Crippen LogP contribution >= 0.6 is 0 Å². The Hall–Kier alpha value is -1.44. The maximum Gasteiger partial charge on any atom is 0.104 e. The van der Waals surface area contributed by atoms with Crippen LogP contribution in [0.5, 0.6) is 0 Å². The molecule has 3 heteroatoms. The van der Waals surface area contributed by atoms with Crippen molar-refractivity contribution in [2.24, 2.45) is 9.98 Å². The van der Waals surface area contributed by atoms with Crippen LogP contribution in [-0.2, 0) is 6.54 Å². The number of quaternary nitrogens is 1. The number of aryl methyl sites for hydroxylation is 1. The van der Waals surface area contributed by atoms with Gasteiger partial charge < -0.3 is 4.48 Å². The third kappa shape index (κ3) is 6.90. The van der Waals surface area contributed by atoms with E-state index < -0.39 is 0 Å². The number of hydrogen-bond donors (Lipinski definition) is 0. The summed E-state index contributed by atoms with van der Waals surface area (Å²) in [5.74, 6) is 0. The van der Waals surface area contributed by atoms with Gasteiger partial charge in [0.1, 0.15) is 6.54 Å². The molecule has 0 aromatic heterocycles. The summed E-state index contributed by atoms with van der Waals surface area (Å²) in [5, 5.41) is 0. The number of benzene rings is 1. The Balaban J connectivity index is 2.39. The van der Waals surface area contributed by atoms with Crippen molar-refractivity contribution >= 4 is 6.01 Å². The van der Waals surface area contributed by atoms with Gasteiger partial charge in [0.25, 0.3) is 0 Å². The number of aliphatic imine (C=N–C) groups is 2. The summed E-state index contributed by atoms with van der Waals surface area (Å²) in [5.41, 5.74) is 2.71. The average molecular weight is 260 g/mol. The molecule has 0 fully saturated rings. The first kappa shape index (κ1) is 15.6. The van der Waals surface area contributed by atoms with E-state index in [2.05, 4.69) is 61.3 Å². The first-order chi connectivity index (χ1) is 9.03. The van der Waals surface area contributed by atoms with E-state index in [1.165, 1.54) is 11.1 Å². The lowest BCUT2D eigenvalue weighted by molar-refractivity contribution is -0.903. The van der Waals surface area contributed by atoms with Gasteiger partial charge in [0.2, 0.25) is 0 Å². The van der Waals surface area contributed by atoms with E-state index >= 15 is 0 Å². The standard InChI is InChI=1S/C16H26N3/c1-5-17-14-18-11-6-12-19(3,4)13-16-9-7-15(2)8-10-16/h7-10H,5-6,11-13H2,1-4H3/q+1. The van der Waals surface area contributed by atoms with Gasteiger partial charge in [-0.05, 0) is 13.8 Å². The minimum atomic E-state index is 0.762. The molecule has 0 saturated heterocycles. The van der Waals surface area contributed by atoms with Crippen molar-refractivity contribution in [2.75, 3.05) is 33.7 Å². The van der Waals surface area contributed by atoms with Gasteiger partial charge in [0, 0.05) is 18.5 Å². The van der Waals surface area contributed by atoms with Gasteiger partial charge in [-0.1, -0.05) is 29.8 Å². The highest BCUT2D eigenvalue weighted by Gasteiger charge is 2.14. The third-order valence-electron chi connectivity index (χ3n) is 3.06. The molecule has 104 valence electrons. The van der Waals surface area contributed by atoms with Crippen molar-refractivity contribution in [1.82, 2.24) is 0 Å². The summed E-state index contributed by atoms with van der Waals surface area (Å²) in [6, 6.07) is 11.5. The molecule has 0 aliphatic heterocycles. The molecule has 0 unspecified atom stereocenters. The fourth-order valence-electron chi connectivity index (χ4n) is 2.02. The van der Waals surface area contributed by atoms with E-state index in [4.69, 9.17) is 0 Å². The number of hydrogen-bond acceptors (Lipinski definition) is 2. The molecule has 1 rings (SSSR count). The molecule has 0 aliphatic carbocycles. The van der Waals surface area contributed by atoms with E-state index in [9.17, 15) is 0 Å². The van der Waals surface area contributed by atoms with Crippen molar-refractivity contribution in [2.45, 2.75) is 26.8 Å². The largest absolute Gasteiger partial charge is 0.325 e. The Morgan fingerprint density at radius 3 is 2.42 bits per heavy atom. The van der Waals surface area contributed by atoms with E-state index in [0.717, 1.165) is 37.1 Å². The monoisotopic (exact) mass is 260 g/mol. The van der Waals surface area contributed by atoms with E-state index in [0.29, 0.717) is 0 Å². The molecule has 0 atom stereocenters. The van der Waals surface area contributed by atoms with Gasteiger partial charge in [0.15, 0.2) is 0 Å². The third-order valence-corrected chi connectivity index (χ3v) is 3.06. The maximum absolute atomic E-state index is 4.16. The Bertz CT molecular complexity index is 426. The molecule has 0 saturated carbocycles. The lowest BCUT2D eigenvalue weighted by Gasteiger charge is -2.29. The van der Waals surface area contributed by atoms with Crippen LogP contribution in [0.4, 0.5) is 0 Å². The molecule has 0 aliphatic rings. The highest BCUT2D eigenvalue weighted by molar-refractivity contribution is 5.40. The second-order valence-corrected chi connectivity index (χ2v) is 5.61. The molecule has 0 radical (unpaired) electrons. The van der Waals surface area contributed by atoms with Crippen LogP contribution in [0, 0.1) is 6.92 Å². The first-order valence-electron chi connectivity index (χ1n) is 6.99. The quantitative estimate of drug-likeness (QED) is 0.409. The van der Waals surface area contributed by atoms with Crippen LogP contribution in [0.15, 0.2) is 34.3 Å². The predicted molar refractivity (Wildman–Crippen MR) is 81.7 cm³/mol. The Kier molecular flexibility index (Phi) is 6.48. The summed E-state index contributed by atoms with van der Waals surface area (Å²) in [7, 11) is 4.54. The molecular weight excluding hydrogens is 234 g/mol. The molecule has 0 N–H and O–H groups in total. The topological polar surface area (TPSA) is 24.7 Å². The van der Waals surface area contributed by atoms with Gasteiger partial charge in [-0.2, -0.15) is 0 Å². The summed E-state index contributed by atoms with van der Waals surface area (Å²) in [4.78, 5) is 8.12. The Morgan fingerprint density at radius 2 is 1.79 bits per heavy atom. The van der Waals surface area contributed by atoms with Crippen LogP contribution in [0.2, 0.25) is 0 Å². The van der Waals surface area contributed by atoms with E-state index in [1.807, 2.05) is 6.92 Å². The highest BCUT2D eigenvalue weighted by Crippen LogP contribution is 2.11. The molecule has 0 bridgehead atoms. The lowest BCUT2D eigenvalue weighted by Crippen LogP contribution is -2.39. The van der Waals surface area contributed by atoms with Crippen LogP contribution in [-0.4, -0.2) is 44.2 Å². The SMILES string of the molecule is CCN=C=NCCC[N+](C)(C)Cc1ccc(C)cc1. The van der Waals surface area contributed by atoms with Crippen LogP contribution in [0.1, 0.15) is 24.5 Å². The molecule has 0 heterocycles. The van der Waals surface area contributed by atoms with Crippen LogP contribution in [0.25, 0.3) is 0 Å².